The van der Waals surface area contributed by atoms with Crippen molar-refractivity contribution < 1.29 is 14.3 Å². The van der Waals surface area contributed by atoms with E-state index in [-0.39, 0.29) is 24.4 Å². The van der Waals surface area contributed by atoms with Crippen LogP contribution < -0.4 is 15.2 Å². The van der Waals surface area contributed by atoms with Crippen LogP contribution in [-0.4, -0.2) is 43.2 Å². The van der Waals surface area contributed by atoms with Gasteiger partial charge >= 0.3 is 0 Å². The highest BCUT2D eigenvalue weighted by molar-refractivity contribution is 6.32. The summed E-state index contributed by atoms with van der Waals surface area (Å²) in [6.45, 7) is 6.29. The van der Waals surface area contributed by atoms with E-state index in [0.29, 0.717) is 48.4 Å². The highest BCUT2D eigenvalue weighted by Crippen LogP contribution is 2.37. The summed E-state index contributed by atoms with van der Waals surface area (Å²) in [6, 6.07) is 3.41. The molecule has 24 heavy (non-hydrogen) atoms. The van der Waals surface area contributed by atoms with Gasteiger partial charge < -0.3 is 20.1 Å². The van der Waals surface area contributed by atoms with Crippen LogP contribution in [0.15, 0.2) is 12.1 Å². The van der Waals surface area contributed by atoms with E-state index in [1.807, 2.05) is 6.92 Å². The Morgan fingerprint density at radius 3 is 2.71 bits per heavy atom. The van der Waals surface area contributed by atoms with Gasteiger partial charge in [-0.1, -0.05) is 24.9 Å². The maximum absolute atomic E-state index is 12.6. The van der Waals surface area contributed by atoms with Crippen molar-refractivity contribution in [1.82, 2.24) is 4.90 Å². The summed E-state index contributed by atoms with van der Waals surface area (Å²) in [5, 5.41) is 0.402. The van der Waals surface area contributed by atoms with Gasteiger partial charge in [-0.05, 0) is 31.9 Å². The first kappa shape index (κ1) is 20.9. The fourth-order valence-electron chi connectivity index (χ4n) is 2.57. The third-order valence-electron chi connectivity index (χ3n) is 3.81. The molecule has 0 aromatic heterocycles. The van der Waals surface area contributed by atoms with Gasteiger partial charge in [0.25, 0.3) is 5.91 Å². The summed E-state index contributed by atoms with van der Waals surface area (Å²) < 4.78 is 11.4. The Balaban J connectivity index is 0.00000288. The number of hydrogen-bond acceptors (Lipinski definition) is 4. The summed E-state index contributed by atoms with van der Waals surface area (Å²) in [7, 11) is 0. The first-order valence-corrected chi connectivity index (χ1v) is 8.58. The normalized spacial score (nSPS) is 16.7. The Bertz CT molecular complexity index is 555. The number of ether oxygens (including phenoxy) is 2. The standard InChI is InChI=1S/C17H25ClN2O3.ClH/c1-3-5-8-23-16-14(18)9-12(10-15(16)22-4-2)17(21)20-7-6-13(19)11-20;/h9-10,13H,3-8,11,19H2,1-2H3;1H/t13-;/m1./s1. The SMILES string of the molecule is CCCCOc1c(Cl)cc(C(=O)N2CC[C@@H](N)C2)cc1OCC.Cl. The van der Waals surface area contributed by atoms with E-state index in [0.717, 1.165) is 19.3 Å². The largest absolute Gasteiger partial charge is 0.490 e. The number of likely N-dealkylation sites (tertiary alicyclic amines) is 1. The Hall–Kier alpha value is -1.17. The lowest BCUT2D eigenvalue weighted by Gasteiger charge is -2.18. The first-order valence-electron chi connectivity index (χ1n) is 8.20. The molecule has 5 nitrogen and oxygen atoms in total. The molecule has 0 radical (unpaired) electrons. The lowest BCUT2D eigenvalue weighted by atomic mass is 10.1. The van der Waals surface area contributed by atoms with Crippen molar-refractivity contribution in [3.63, 3.8) is 0 Å². The quantitative estimate of drug-likeness (QED) is 0.739. The topological polar surface area (TPSA) is 64.8 Å². The van der Waals surface area contributed by atoms with Gasteiger partial charge in [0, 0.05) is 24.7 Å². The number of unbranched alkanes of at least 4 members (excludes halogenated alkanes) is 1. The fourth-order valence-corrected chi connectivity index (χ4v) is 2.83. The van der Waals surface area contributed by atoms with E-state index in [1.54, 1.807) is 17.0 Å². The summed E-state index contributed by atoms with van der Waals surface area (Å²) in [5.41, 5.74) is 6.39. The van der Waals surface area contributed by atoms with Crippen LogP contribution in [0, 0.1) is 0 Å². The predicted molar refractivity (Wildman–Crippen MR) is 98.8 cm³/mol. The number of nitrogens with two attached hydrogens (primary N) is 1. The summed E-state index contributed by atoms with van der Waals surface area (Å²) >= 11 is 6.33. The fraction of sp³-hybridized carbons (Fsp3) is 0.588. The summed E-state index contributed by atoms with van der Waals surface area (Å²) in [4.78, 5) is 14.3. The van der Waals surface area contributed by atoms with E-state index in [2.05, 4.69) is 6.92 Å². The van der Waals surface area contributed by atoms with Crippen LogP contribution >= 0.6 is 24.0 Å². The molecule has 1 aromatic rings. The molecule has 1 amide bonds. The van der Waals surface area contributed by atoms with Crippen molar-refractivity contribution in [2.45, 2.75) is 39.2 Å². The van der Waals surface area contributed by atoms with Crippen LogP contribution in [-0.2, 0) is 0 Å². The van der Waals surface area contributed by atoms with E-state index >= 15 is 0 Å². The van der Waals surface area contributed by atoms with E-state index in [4.69, 9.17) is 26.8 Å². The van der Waals surface area contributed by atoms with Gasteiger partial charge in [0.05, 0.1) is 18.2 Å². The zero-order valence-electron chi connectivity index (χ0n) is 14.2. The molecule has 1 aromatic carbocycles. The molecule has 1 saturated heterocycles. The molecule has 0 spiro atoms. The number of amides is 1. The molecule has 0 unspecified atom stereocenters. The molecule has 7 heteroatoms. The van der Waals surface area contributed by atoms with Gasteiger partial charge in [-0.25, -0.2) is 0 Å². The molecule has 136 valence electrons. The molecular formula is C17H26Cl2N2O3. The third-order valence-corrected chi connectivity index (χ3v) is 4.09. The highest BCUT2D eigenvalue weighted by atomic mass is 35.5. The predicted octanol–water partition coefficient (Wildman–Crippen LogP) is 3.51. The second-order valence-electron chi connectivity index (χ2n) is 5.72. The second-order valence-corrected chi connectivity index (χ2v) is 6.13. The summed E-state index contributed by atoms with van der Waals surface area (Å²) in [5.74, 6) is 0.959. The van der Waals surface area contributed by atoms with Gasteiger partial charge in [0.2, 0.25) is 0 Å². The van der Waals surface area contributed by atoms with E-state index in [1.165, 1.54) is 0 Å². The van der Waals surface area contributed by atoms with Gasteiger partial charge in [0.15, 0.2) is 11.5 Å². The van der Waals surface area contributed by atoms with Gasteiger partial charge in [-0.2, -0.15) is 0 Å². The molecule has 2 N–H and O–H groups in total. The van der Waals surface area contributed by atoms with Crippen molar-refractivity contribution >= 4 is 29.9 Å². The van der Waals surface area contributed by atoms with Crippen LogP contribution in [0.3, 0.4) is 0 Å². The number of hydrogen-bond donors (Lipinski definition) is 1. The van der Waals surface area contributed by atoms with Gasteiger partial charge in [-0.3, -0.25) is 4.79 Å². The van der Waals surface area contributed by atoms with E-state index in [9.17, 15) is 4.79 Å². The average molecular weight is 377 g/mol. The third kappa shape index (κ3) is 5.16. The molecule has 0 aliphatic carbocycles. The second kappa shape index (κ2) is 9.97. The molecule has 1 atom stereocenters. The maximum atomic E-state index is 12.6. The molecule has 0 saturated carbocycles. The van der Waals surface area contributed by atoms with Crippen molar-refractivity contribution in [2.24, 2.45) is 5.73 Å². The maximum Gasteiger partial charge on any atom is 0.254 e. The first-order chi connectivity index (χ1) is 11.1. The Morgan fingerprint density at radius 1 is 1.38 bits per heavy atom. The molecular weight excluding hydrogens is 351 g/mol. The zero-order valence-corrected chi connectivity index (χ0v) is 15.8. The minimum Gasteiger partial charge on any atom is -0.490 e. The Kier molecular flexibility index (Phi) is 8.67. The molecule has 2 rings (SSSR count). The van der Waals surface area contributed by atoms with Crippen molar-refractivity contribution in [3.8, 4) is 11.5 Å². The van der Waals surface area contributed by atoms with Crippen LogP contribution in [0.1, 0.15) is 43.5 Å². The average Bonchev–Trinajstić information content (AvgIpc) is 2.95. The number of benzene rings is 1. The molecule has 1 aliphatic rings. The summed E-state index contributed by atoms with van der Waals surface area (Å²) in [6.07, 6.45) is 2.80. The van der Waals surface area contributed by atoms with Crippen molar-refractivity contribution in [2.75, 3.05) is 26.3 Å². The molecule has 0 bridgehead atoms. The highest BCUT2D eigenvalue weighted by Gasteiger charge is 2.26. The lowest BCUT2D eigenvalue weighted by molar-refractivity contribution is 0.0790. The van der Waals surface area contributed by atoms with E-state index < -0.39 is 0 Å². The molecule has 1 heterocycles. The minimum atomic E-state index is -0.0686. The molecule has 1 fully saturated rings. The van der Waals surface area contributed by atoms with Crippen molar-refractivity contribution in [3.05, 3.63) is 22.7 Å². The van der Waals surface area contributed by atoms with Crippen LogP contribution in [0.2, 0.25) is 5.02 Å². The number of carbonyl (C=O) groups is 1. The number of rotatable bonds is 7. The lowest BCUT2D eigenvalue weighted by Crippen LogP contribution is -2.31. The van der Waals surface area contributed by atoms with Gasteiger partial charge in [0.1, 0.15) is 0 Å². The minimum absolute atomic E-state index is 0. The number of carbonyl (C=O) groups excluding carboxylic acids is 1. The number of nitrogens with zero attached hydrogens (tertiary/aromatic N) is 1. The smallest absolute Gasteiger partial charge is 0.254 e. The zero-order chi connectivity index (χ0) is 16.8. The van der Waals surface area contributed by atoms with Gasteiger partial charge in [-0.15, -0.1) is 12.4 Å². The van der Waals surface area contributed by atoms with Crippen molar-refractivity contribution in [1.29, 1.82) is 0 Å². The number of halogens is 2. The van der Waals surface area contributed by atoms with Crippen LogP contribution in [0.5, 0.6) is 11.5 Å². The Morgan fingerprint density at radius 2 is 2.12 bits per heavy atom. The monoisotopic (exact) mass is 376 g/mol. The van der Waals surface area contributed by atoms with Crippen LogP contribution in [0.4, 0.5) is 0 Å². The Labute approximate surface area is 154 Å². The molecule has 1 aliphatic heterocycles. The van der Waals surface area contributed by atoms with Crippen LogP contribution in [0.25, 0.3) is 0 Å².